The van der Waals surface area contributed by atoms with Crippen molar-refractivity contribution in [3.63, 3.8) is 0 Å². The van der Waals surface area contributed by atoms with Gasteiger partial charge >= 0.3 is 4.87 Å². The molecule has 2 aromatic carbocycles. The molecule has 1 heterocycles. The lowest BCUT2D eigenvalue weighted by Gasteiger charge is -2.10. The Hall–Kier alpha value is -2.33. The van der Waals surface area contributed by atoms with Crippen LogP contribution >= 0.6 is 11.3 Å². The fourth-order valence-electron chi connectivity index (χ4n) is 2.54. The first kappa shape index (κ1) is 14.6. The average molecular weight is 310 g/mol. The van der Waals surface area contributed by atoms with E-state index in [0.717, 1.165) is 27.4 Å². The zero-order valence-electron chi connectivity index (χ0n) is 12.7. The van der Waals surface area contributed by atoms with Crippen LogP contribution in [0.3, 0.4) is 0 Å². The third-order valence-corrected chi connectivity index (χ3v) is 4.60. The highest BCUT2D eigenvalue weighted by atomic mass is 32.1. The number of thiazole rings is 1. The molecule has 0 aliphatic heterocycles. The SMILES string of the molecule is Cc1ccc(-c2c(C)sc(=O)n2Cc2ccc(N)cc2)cc1. The topological polar surface area (TPSA) is 48.0 Å². The number of nitrogen functional groups attached to an aromatic ring is 1. The summed E-state index contributed by atoms with van der Waals surface area (Å²) in [4.78, 5) is 13.4. The number of aromatic nitrogens is 1. The minimum absolute atomic E-state index is 0.0740. The molecular weight excluding hydrogens is 292 g/mol. The van der Waals surface area contributed by atoms with Crippen LogP contribution in [0.2, 0.25) is 0 Å². The Labute approximate surface area is 133 Å². The molecule has 0 aliphatic rings. The second kappa shape index (κ2) is 5.81. The summed E-state index contributed by atoms with van der Waals surface area (Å²) in [6.07, 6.45) is 0. The molecule has 3 aromatic rings. The van der Waals surface area contributed by atoms with Gasteiger partial charge in [0.25, 0.3) is 0 Å². The first-order chi connectivity index (χ1) is 10.5. The van der Waals surface area contributed by atoms with Gasteiger partial charge in [0.15, 0.2) is 0 Å². The first-order valence-electron chi connectivity index (χ1n) is 7.16. The molecule has 2 N–H and O–H groups in total. The quantitative estimate of drug-likeness (QED) is 0.748. The molecule has 0 fully saturated rings. The summed E-state index contributed by atoms with van der Waals surface area (Å²) in [5.41, 5.74) is 10.8. The van der Waals surface area contributed by atoms with E-state index >= 15 is 0 Å². The minimum atomic E-state index is 0.0740. The Kier molecular flexibility index (Phi) is 3.86. The molecule has 0 radical (unpaired) electrons. The van der Waals surface area contributed by atoms with Crippen LogP contribution < -0.4 is 10.6 Å². The summed E-state index contributed by atoms with van der Waals surface area (Å²) >= 11 is 1.30. The largest absolute Gasteiger partial charge is 0.399 e. The average Bonchev–Trinajstić information content (AvgIpc) is 2.77. The van der Waals surface area contributed by atoms with Crippen LogP contribution in [0.1, 0.15) is 16.0 Å². The van der Waals surface area contributed by atoms with Crippen LogP contribution in [0.5, 0.6) is 0 Å². The molecule has 0 saturated heterocycles. The minimum Gasteiger partial charge on any atom is -0.399 e. The van der Waals surface area contributed by atoms with Gasteiger partial charge in [0.2, 0.25) is 0 Å². The Bertz CT molecular complexity index is 842. The number of nitrogens with zero attached hydrogens (tertiary/aromatic N) is 1. The van der Waals surface area contributed by atoms with Crippen molar-refractivity contribution in [3.05, 3.63) is 74.2 Å². The zero-order chi connectivity index (χ0) is 15.7. The molecule has 22 heavy (non-hydrogen) atoms. The number of hydrogen-bond acceptors (Lipinski definition) is 3. The molecular formula is C18H18N2OS. The van der Waals surface area contributed by atoms with Crippen LogP contribution in [0.25, 0.3) is 11.3 Å². The van der Waals surface area contributed by atoms with Gasteiger partial charge in [0.05, 0.1) is 12.2 Å². The predicted octanol–water partition coefficient (Wildman–Crippen LogP) is 3.82. The third kappa shape index (κ3) is 2.83. The summed E-state index contributed by atoms with van der Waals surface area (Å²) in [6.45, 7) is 4.62. The fraction of sp³-hybridized carbons (Fsp3) is 0.167. The van der Waals surface area contributed by atoms with Crippen molar-refractivity contribution in [1.29, 1.82) is 0 Å². The maximum absolute atomic E-state index is 12.3. The number of aryl methyl sites for hydroxylation is 2. The van der Waals surface area contributed by atoms with Gasteiger partial charge in [-0.05, 0) is 37.1 Å². The smallest absolute Gasteiger partial charge is 0.308 e. The highest BCUT2D eigenvalue weighted by molar-refractivity contribution is 7.09. The Morgan fingerprint density at radius 3 is 2.27 bits per heavy atom. The zero-order valence-corrected chi connectivity index (χ0v) is 13.5. The van der Waals surface area contributed by atoms with Crippen molar-refractivity contribution < 1.29 is 0 Å². The number of nitrogens with two attached hydrogens (primary N) is 1. The Balaban J connectivity index is 2.06. The summed E-state index contributed by atoms with van der Waals surface area (Å²) < 4.78 is 1.84. The van der Waals surface area contributed by atoms with E-state index in [0.29, 0.717) is 6.54 Å². The van der Waals surface area contributed by atoms with Crippen LogP contribution in [0.15, 0.2) is 53.3 Å². The molecule has 0 saturated carbocycles. The van der Waals surface area contributed by atoms with Crippen molar-refractivity contribution in [2.45, 2.75) is 20.4 Å². The van der Waals surface area contributed by atoms with Gasteiger partial charge in [-0.15, -0.1) is 0 Å². The predicted molar refractivity (Wildman–Crippen MR) is 93.4 cm³/mol. The van der Waals surface area contributed by atoms with E-state index in [-0.39, 0.29) is 4.87 Å². The third-order valence-electron chi connectivity index (χ3n) is 3.71. The molecule has 0 aliphatic carbocycles. The summed E-state index contributed by atoms with van der Waals surface area (Å²) in [5.74, 6) is 0. The van der Waals surface area contributed by atoms with E-state index in [4.69, 9.17) is 5.73 Å². The lowest BCUT2D eigenvalue weighted by Crippen LogP contribution is -2.15. The molecule has 0 amide bonds. The van der Waals surface area contributed by atoms with E-state index < -0.39 is 0 Å². The van der Waals surface area contributed by atoms with Crippen molar-refractivity contribution in [3.8, 4) is 11.3 Å². The Morgan fingerprint density at radius 2 is 1.64 bits per heavy atom. The van der Waals surface area contributed by atoms with E-state index in [1.54, 1.807) is 0 Å². The summed E-state index contributed by atoms with van der Waals surface area (Å²) in [7, 11) is 0. The van der Waals surface area contributed by atoms with Gasteiger partial charge in [0.1, 0.15) is 0 Å². The van der Waals surface area contributed by atoms with Crippen molar-refractivity contribution in [2.75, 3.05) is 5.73 Å². The number of benzene rings is 2. The van der Waals surface area contributed by atoms with Gasteiger partial charge in [-0.1, -0.05) is 53.3 Å². The van der Waals surface area contributed by atoms with Crippen LogP contribution in [-0.4, -0.2) is 4.57 Å². The maximum Gasteiger partial charge on any atom is 0.308 e. The Morgan fingerprint density at radius 1 is 1.00 bits per heavy atom. The fourth-order valence-corrected chi connectivity index (χ4v) is 3.39. The molecule has 0 unspecified atom stereocenters. The monoisotopic (exact) mass is 310 g/mol. The molecule has 0 atom stereocenters. The van der Waals surface area contributed by atoms with Crippen LogP contribution in [-0.2, 0) is 6.54 Å². The second-order valence-electron chi connectivity index (χ2n) is 5.47. The van der Waals surface area contributed by atoms with E-state index in [1.165, 1.54) is 16.9 Å². The highest BCUT2D eigenvalue weighted by Crippen LogP contribution is 2.26. The van der Waals surface area contributed by atoms with E-state index in [1.807, 2.05) is 35.8 Å². The molecule has 4 heteroatoms. The van der Waals surface area contributed by atoms with Crippen LogP contribution in [0, 0.1) is 13.8 Å². The number of hydrogen-bond donors (Lipinski definition) is 1. The summed E-state index contributed by atoms with van der Waals surface area (Å²) in [5, 5.41) is 0. The molecule has 0 bridgehead atoms. The number of anilines is 1. The molecule has 112 valence electrons. The van der Waals surface area contributed by atoms with Crippen molar-refractivity contribution in [2.24, 2.45) is 0 Å². The second-order valence-corrected chi connectivity index (χ2v) is 6.63. The van der Waals surface area contributed by atoms with Gasteiger partial charge in [-0.25, -0.2) is 0 Å². The first-order valence-corrected chi connectivity index (χ1v) is 7.98. The normalized spacial score (nSPS) is 10.8. The van der Waals surface area contributed by atoms with Gasteiger partial charge in [-0.3, -0.25) is 9.36 Å². The van der Waals surface area contributed by atoms with Gasteiger partial charge in [0, 0.05) is 10.6 Å². The van der Waals surface area contributed by atoms with E-state index in [9.17, 15) is 4.79 Å². The van der Waals surface area contributed by atoms with Crippen LogP contribution in [0.4, 0.5) is 5.69 Å². The molecule has 3 nitrogen and oxygen atoms in total. The molecule has 1 aromatic heterocycles. The lowest BCUT2D eigenvalue weighted by atomic mass is 10.1. The van der Waals surface area contributed by atoms with Gasteiger partial charge < -0.3 is 5.73 Å². The lowest BCUT2D eigenvalue weighted by molar-refractivity contribution is 0.790. The number of rotatable bonds is 3. The summed E-state index contributed by atoms with van der Waals surface area (Å²) in [6, 6.07) is 16.0. The van der Waals surface area contributed by atoms with Gasteiger partial charge in [-0.2, -0.15) is 0 Å². The maximum atomic E-state index is 12.3. The van der Waals surface area contributed by atoms with E-state index in [2.05, 4.69) is 31.2 Å². The molecule has 0 spiro atoms. The van der Waals surface area contributed by atoms with Crippen molar-refractivity contribution in [1.82, 2.24) is 4.57 Å². The molecule has 3 rings (SSSR count). The highest BCUT2D eigenvalue weighted by Gasteiger charge is 2.14. The standard InChI is InChI=1S/C18H18N2OS/c1-12-3-7-15(8-4-12)17-13(2)22-18(21)20(17)11-14-5-9-16(19)10-6-14/h3-10H,11,19H2,1-2H3. The van der Waals surface area contributed by atoms with Crippen molar-refractivity contribution >= 4 is 17.0 Å².